The Labute approximate surface area is 179 Å². The van der Waals surface area contributed by atoms with Crippen LogP contribution in [0.2, 0.25) is 0 Å². The van der Waals surface area contributed by atoms with Crippen LogP contribution >= 0.6 is 0 Å². The van der Waals surface area contributed by atoms with Crippen LogP contribution < -0.4 is 14.9 Å². The summed E-state index contributed by atoms with van der Waals surface area (Å²) in [6.07, 6.45) is -7.72. The van der Waals surface area contributed by atoms with Gasteiger partial charge in [0.15, 0.2) is 0 Å². The molecule has 3 rings (SSSR count). The van der Waals surface area contributed by atoms with Crippen molar-refractivity contribution in [2.45, 2.75) is 19.6 Å². The van der Waals surface area contributed by atoms with E-state index in [-0.39, 0.29) is 11.2 Å². The highest BCUT2D eigenvalue weighted by molar-refractivity contribution is 6.58. The lowest BCUT2D eigenvalue weighted by Crippen LogP contribution is -2.29. The molecule has 32 heavy (non-hydrogen) atoms. The fourth-order valence-corrected chi connectivity index (χ4v) is 2.33. The van der Waals surface area contributed by atoms with E-state index in [0.717, 1.165) is 41.1 Å². The van der Waals surface area contributed by atoms with Crippen LogP contribution in [0.25, 0.3) is 11.1 Å². The van der Waals surface area contributed by atoms with E-state index in [1.54, 1.807) is 18.3 Å². The molecule has 5 nitrogen and oxygen atoms in total. The molecule has 0 unspecified atom stereocenters. The normalized spacial score (nSPS) is 11.3. The summed E-state index contributed by atoms with van der Waals surface area (Å²) in [4.78, 5) is 4.13. The third-order valence-electron chi connectivity index (χ3n) is 3.74. The van der Waals surface area contributed by atoms with Gasteiger partial charge in [-0.3, -0.25) is 4.98 Å². The van der Waals surface area contributed by atoms with Gasteiger partial charge in [0.1, 0.15) is 11.5 Å². The summed E-state index contributed by atoms with van der Waals surface area (Å²) >= 11 is 0. The molecule has 0 spiro atoms. The van der Waals surface area contributed by atoms with Gasteiger partial charge in [0, 0.05) is 17.5 Å². The lowest BCUT2D eigenvalue weighted by molar-refractivity contribution is -0.275. The highest BCUT2D eigenvalue weighted by atomic mass is 19.4. The minimum absolute atomic E-state index is 0.0968. The Kier molecular flexibility index (Phi) is 8.11. The molecule has 0 aliphatic heterocycles. The predicted molar refractivity (Wildman–Crippen MR) is 104 cm³/mol. The molecule has 0 saturated heterocycles. The van der Waals surface area contributed by atoms with Crippen LogP contribution in [0.4, 0.5) is 26.3 Å². The zero-order chi connectivity index (χ0) is 23.9. The molecule has 0 aliphatic carbocycles. The molecule has 170 valence electrons. The van der Waals surface area contributed by atoms with Crippen LogP contribution in [-0.2, 0) is 0 Å². The highest BCUT2D eigenvalue weighted by Crippen LogP contribution is 2.26. The molecule has 0 amide bonds. The molecular formula is C20H16BF6NO4. The van der Waals surface area contributed by atoms with Gasteiger partial charge in [0.05, 0.1) is 0 Å². The number of hydrogen-bond acceptors (Lipinski definition) is 5. The summed E-state index contributed by atoms with van der Waals surface area (Å²) in [7, 11) is -1.70. The molecule has 12 heteroatoms. The average molecular weight is 459 g/mol. The van der Waals surface area contributed by atoms with Crippen molar-refractivity contribution in [3.05, 3.63) is 72.6 Å². The highest BCUT2D eigenvalue weighted by Gasteiger charge is 2.31. The van der Waals surface area contributed by atoms with E-state index in [0.29, 0.717) is 0 Å². The zero-order valence-corrected chi connectivity index (χ0v) is 16.4. The van der Waals surface area contributed by atoms with Crippen molar-refractivity contribution in [3.8, 4) is 22.6 Å². The summed E-state index contributed by atoms with van der Waals surface area (Å²) < 4.78 is 78.3. The molecular weight excluding hydrogens is 443 g/mol. The van der Waals surface area contributed by atoms with Crippen LogP contribution in [-0.4, -0.2) is 34.9 Å². The van der Waals surface area contributed by atoms with E-state index in [1.165, 1.54) is 12.1 Å². The molecule has 1 aromatic heterocycles. The monoisotopic (exact) mass is 459 g/mol. The molecule has 0 bridgehead atoms. The van der Waals surface area contributed by atoms with E-state index < -0.39 is 25.6 Å². The lowest BCUT2D eigenvalue weighted by Gasteiger charge is -2.09. The van der Waals surface area contributed by atoms with Gasteiger partial charge >= 0.3 is 19.8 Å². The van der Waals surface area contributed by atoms with Gasteiger partial charge in [-0.15, -0.1) is 26.3 Å². The lowest BCUT2D eigenvalue weighted by atomic mass is 9.80. The maximum Gasteiger partial charge on any atom is 0.573 e. The van der Waals surface area contributed by atoms with Crippen molar-refractivity contribution in [2.75, 3.05) is 0 Å². The maximum absolute atomic E-state index is 12.0. The third-order valence-corrected chi connectivity index (χ3v) is 3.74. The summed E-state index contributed by atoms with van der Waals surface area (Å²) in [5.74, 6) is -0.631. The number of pyridine rings is 1. The first-order valence-corrected chi connectivity index (χ1v) is 8.83. The molecule has 1 heterocycles. The summed E-state index contributed by atoms with van der Waals surface area (Å²) in [5.41, 5.74) is 2.62. The van der Waals surface area contributed by atoms with Gasteiger partial charge in [-0.1, -0.05) is 30.3 Å². The first-order chi connectivity index (χ1) is 14.8. The predicted octanol–water partition coefficient (Wildman–Crippen LogP) is 4.22. The number of rotatable bonds is 4. The van der Waals surface area contributed by atoms with Crippen molar-refractivity contribution >= 4 is 12.6 Å². The number of nitrogens with zero attached hydrogens (tertiary/aromatic N) is 1. The number of halogens is 6. The standard InChI is InChI=1S/C13H10F3NO.C7H6BF3O3/c1-9-2-3-11(8-17-9)10-4-6-12(7-5-10)18-13(14,15)16;9-7(10,11)14-6-3-1-5(2-4-6)8(12)13/h2-8H,1H3;1-4,12-13H. The second kappa shape index (κ2) is 10.4. The Bertz CT molecular complexity index is 975. The minimum atomic E-state index is -4.74. The van der Waals surface area contributed by atoms with Crippen LogP contribution in [0.3, 0.4) is 0 Å². The second-order valence-electron chi connectivity index (χ2n) is 6.25. The maximum atomic E-state index is 12.0. The quantitative estimate of drug-likeness (QED) is 0.452. The molecule has 3 aromatic rings. The SMILES string of the molecule is Cc1ccc(-c2ccc(OC(F)(F)F)cc2)cn1.OB(O)c1ccc(OC(F)(F)F)cc1. The number of alkyl halides is 6. The minimum Gasteiger partial charge on any atom is -0.423 e. The van der Waals surface area contributed by atoms with E-state index in [2.05, 4.69) is 14.5 Å². The molecule has 0 aliphatic rings. The number of aryl methyl sites for hydroxylation is 1. The summed E-state index contributed by atoms with van der Waals surface area (Å²) in [5, 5.41) is 17.3. The number of benzene rings is 2. The van der Waals surface area contributed by atoms with Crippen molar-refractivity contribution < 1.29 is 45.9 Å². The van der Waals surface area contributed by atoms with Crippen LogP contribution in [0, 0.1) is 6.92 Å². The van der Waals surface area contributed by atoms with Gasteiger partial charge in [-0.2, -0.15) is 0 Å². The largest absolute Gasteiger partial charge is 0.573 e. The van der Waals surface area contributed by atoms with Crippen LogP contribution in [0.5, 0.6) is 11.5 Å². The first-order valence-electron chi connectivity index (χ1n) is 8.83. The fourth-order valence-electron chi connectivity index (χ4n) is 2.33. The Morgan fingerprint density at radius 3 is 1.50 bits per heavy atom. The van der Waals surface area contributed by atoms with Gasteiger partial charge in [0.25, 0.3) is 0 Å². The molecule has 0 atom stereocenters. The molecule has 2 aromatic carbocycles. The Morgan fingerprint density at radius 1 is 0.688 bits per heavy atom. The fraction of sp³-hybridized carbons (Fsp3) is 0.150. The number of hydrogen-bond donors (Lipinski definition) is 2. The van der Waals surface area contributed by atoms with Gasteiger partial charge < -0.3 is 19.5 Å². The van der Waals surface area contributed by atoms with Crippen molar-refractivity contribution in [2.24, 2.45) is 0 Å². The molecule has 0 radical (unpaired) electrons. The van der Waals surface area contributed by atoms with Gasteiger partial charge in [0.2, 0.25) is 0 Å². The van der Waals surface area contributed by atoms with E-state index in [1.807, 2.05) is 19.1 Å². The van der Waals surface area contributed by atoms with Gasteiger partial charge in [-0.25, -0.2) is 0 Å². The van der Waals surface area contributed by atoms with E-state index in [9.17, 15) is 26.3 Å². The van der Waals surface area contributed by atoms with E-state index >= 15 is 0 Å². The Morgan fingerprint density at radius 2 is 1.12 bits per heavy atom. The summed E-state index contributed by atoms with van der Waals surface area (Å²) in [6, 6.07) is 13.7. The van der Waals surface area contributed by atoms with Crippen LogP contribution in [0.15, 0.2) is 66.9 Å². The van der Waals surface area contributed by atoms with Crippen molar-refractivity contribution in [1.29, 1.82) is 0 Å². The smallest absolute Gasteiger partial charge is 0.423 e. The van der Waals surface area contributed by atoms with Crippen molar-refractivity contribution in [3.63, 3.8) is 0 Å². The molecule has 0 saturated carbocycles. The van der Waals surface area contributed by atoms with Gasteiger partial charge in [-0.05, 0) is 48.3 Å². The number of ether oxygens (including phenoxy) is 2. The Balaban J connectivity index is 0.000000235. The molecule has 2 N–H and O–H groups in total. The zero-order valence-electron chi connectivity index (χ0n) is 16.4. The Hall–Kier alpha value is -3.25. The summed E-state index contributed by atoms with van der Waals surface area (Å²) in [6.45, 7) is 1.87. The number of aromatic nitrogens is 1. The van der Waals surface area contributed by atoms with Crippen LogP contribution in [0.1, 0.15) is 5.69 Å². The first kappa shape index (κ1) is 25.0. The third kappa shape index (κ3) is 8.86. The van der Waals surface area contributed by atoms with E-state index in [4.69, 9.17) is 10.0 Å². The second-order valence-corrected chi connectivity index (χ2v) is 6.25. The van der Waals surface area contributed by atoms with Crippen molar-refractivity contribution in [1.82, 2.24) is 4.98 Å². The topological polar surface area (TPSA) is 71.8 Å². The molecule has 0 fully saturated rings. The average Bonchev–Trinajstić information content (AvgIpc) is 2.68.